The SMILES string of the molecule is COC(OC)N1CCCNC1=O. The molecule has 1 aliphatic heterocycles. The van der Waals surface area contributed by atoms with Gasteiger partial charge in [-0.1, -0.05) is 0 Å². The van der Waals surface area contributed by atoms with E-state index in [0.717, 1.165) is 13.0 Å². The van der Waals surface area contributed by atoms with Gasteiger partial charge in [-0.25, -0.2) is 4.79 Å². The van der Waals surface area contributed by atoms with E-state index in [4.69, 9.17) is 9.47 Å². The number of rotatable bonds is 3. The van der Waals surface area contributed by atoms with E-state index in [9.17, 15) is 4.79 Å². The molecule has 5 nitrogen and oxygen atoms in total. The van der Waals surface area contributed by atoms with E-state index >= 15 is 0 Å². The van der Waals surface area contributed by atoms with Crippen molar-refractivity contribution in [3.8, 4) is 0 Å². The van der Waals surface area contributed by atoms with Crippen molar-refractivity contribution in [3.63, 3.8) is 0 Å². The van der Waals surface area contributed by atoms with Crippen LogP contribution in [0.5, 0.6) is 0 Å². The second kappa shape index (κ2) is 4.27. The van der Waals surface area contributed by atoms with E-state index in [1.165, 1.54) is 19.1 Å². The molecule has 0 spiro atoms. The number of nitrogens with zero attached hydrogens (tertiary/aromatic N) is 1. The van der Waals surface area contributed by atoms with Crippen LogP contribution in [0.25, 0.3) is 0 Å². The smallest absolute Gasteiger partial charge is 0.321 e. The number of nitrogens with one attached hydrogen (secondary N) is 1. The molecule has 1 rings (SSSR count). The Hall–Kier alpha value is -0.810. The molecule has 0 aromatic carbocycles. The monoisotopic (exact) mass is 174 g/mol. The number of carbonyl (C=O) groups excluding carboxylic acids is 1. The molecule has 0 saturated carbocycles. The minimum atomic E-state index is -0.565. The molecule has 1 heterocycles. The standard InChI is InChI=1S/C7H14N2O3/c1-11-7(12-2)9-5-3-4-8-6(9)10/h7H,3-5H2,1-2H3,(H,8,10). The number of carbonyl (C=O) groups is 1. The Labute approximate surface area is 71.6 Å². The first-order valence-corrected chi connectivity index (χ1v) is 3.89. The van der Waals surface area contributed by atoms with Crippen LogP contribution in [0.1, 0.15) is 6.42 Å². The molecule has 5 heteroatoms. The highest BCUT2D eigenvalue weighted by atomic mass is 16.7. The van der Waals surface area contributed by atoms with Gasteiger partial charge in [0.1, 0.15) is 0 Å². The van der Waals surface area contributed by atoms with E-state index in [1.54, 1.807) is 0 Å². The average molecular weight is 174 g/mol. The van der Waals surface area contributed by atoms with Gasteiger partial charge in [-0.15, -0.1) is 0 Å². The molecule has 70 valence electrons. The molecule has 1 N–H and O–H groups in total. The summed E-state index contributed by atoms with van der Waals surface area (Å²) in [7, 11) is 3.02. The Morgan fingerprint density at radius 2 is 2.17 bits per heavy atom. The molecule has 0 atom stereocenters. The van der Waals surface area contributed by atoms with Gasteiger partial charge in [0.05, 0.1) is 0 Å². The van der Waals surface area contributed by atoms with Gasteiger partial charge in [0, 0.05) is 27.3 Å². The van der Waals surface area contributed by atoms with Crippen molar-refractivity contribution in [2.45, 2.75) is 12.8 Å². The van der Waals surface area contributed by atoms with Gasteiger partial charge >= 0.3 is 6.03 Å². The quantitative estimate of drug-likeness (QED) is 0.612. The molecular weight excluding hydrogens is 160 g/mol. The van der Waals surface area contributed by atoms with Crippen LogP contribution in [0.2, 0.25) is 0 Å². The second-order valence-electron chi connectivity index (χ2n) is 2.56. The van der Waals surface area contributed by atoms with Crippen LogP contribution in [0, 0.1) is 0 Å². The molecular formula is C7H14N2O3. The molecule has 0 unspecified atom stereocenters. The highest BCUT2D eigenvalue weighted by Crippen LogP contribution is 2.06. The Kier molecular flexibility index (Phi) is 3.31. The molecule has 0 aromatic heterocycles. The molecule has 0 bridgehead atoms. The molecule has 12 heavy (non-hydrogen) atoms. The van der Waals surface area contributed by atoms with Gasteiger partial charge in [-0.2, -0.15) is 0 Å². The van der Waals surface area contributed by atoms with E-state index in [1.807, 2.05) is 0 Å². The van der Waals surface area contributed by atoms with Crippen molar-refractivity contribution in [3.05, 3.63) is 0 Å². The number of ether oxygens (including phenoxy) is 2. The van der Waals surface area contributed by atoms with Gasteiger partial charge in [-0.3, -0.25) is 4.90 Å². The van der Waals surface area contributed by atoms with Crippen LogP contribution < -0.4 is 5.32 Å². The molecule has 0 aromatic rings. The van der Waals surface area contributed by atoms with Crippen molar-refractivity contribution in [2.75, 3.05) is 27.3 Å². The number of urea groups is 1. The van der Waals surface area contributed by atoms with Gasteiger partial charge < -0.3 is 14.8 Å². The van der Waals surface area contributed by atoms with Crippen LogP contribution in [0.4, 0.5) is 4.79 Å². The normalized spacial score (nSPS) is 18.2. The molecule has 0 radical (unpaired) electrons. The Morgan fingerprint density at radius 3 is 2.67 bits per heavy atom. The predicted octanol–water partition coefficient (Wildman–Crippen LogP) is -0.0219. The largest absolute Gasteiger partial charge is 0.338 e. The summed E-state index contributed by atoms with van der Waals surface area (Å²) in [6, 6.07) is -0.130. The molecule has 0 aliphatic carbocycles. The zero-order chi connectivity index (χ0) is 8.97. The zero-order valence-electron chi connectivity index (χ0n) is 7.37. The summed E-state index contributed by atoms with van der Waals surface area (Å²) >= 11 is 0. The second-order valence-corrected chi connectivity index (χ2v) is 2.56. The Balaban J connectivity index is 2.51. The first-order valence-electron chi connectivity index (χ1n) is 3.89. The van der Waals surface area contributed by atoms with E-state index in [2.05, 4.69) is 5.32 Å². The lowest BCUT2D eigenvalue weighted by molar-refractivity contribution is -0.179. The first kappa shape index (κ1) is 9.28. The first-order chi connectivity index (χ1) is 5.79. The maximum absolute atomic E-state index is 11.2. The van der Waals surface area contributed by atoms with Gasteiger partial charge in [-0.05, 0) is 6.42 Å². The van der Waals surface area contributed by atoms with Gasteiger partial charge in [0.2, 0.25) is 6.41 Å². The van der Waals surface area contributed by atoms with Crippen molar-refractivity contribution < 1.29 is 14.3 Å². The summed E-state index contributed by atoms with van der Waals surface area (Å²) in [4.78, 5) is 12.7. The summed E-state index contributed by atoms with van der Waals surface area (Å²) in [5.74, 6) is 0. The molecule has 2 amide bonds. The van der Waals surface area contributed by atoms with Gasteiger partial charge in [0.25, 0.3) is 0 Å². The predicted molar refractivity (Wildman–Crippen MR) is 42.5 cm³/mol. The third-order valence-corrected chi connectivity index (χ3v) is 1.77. The summed E-state index contributed by atoms with van der Waals surface area (Å²) in [5, 5.41) is 2.71. The third kappa shape index (κ3) is 1.86. The van der Waals surface area contributed by atoms with E-state index in [0.29, 0.717) is 6.54 Å². The minimum absolute atomic E-state index is 0.130. The topological polar surface area (TPSA) is 50.8 Å². The number of hydrogen-bond acceptors (Lipinski definition) is 3. The molecule has 1 saturated heterocycles. The lowest BCUT2D eigenvalue weighted by Gasteiger charge is -2.32. The van der Waals surface area contributed by atoms with E-state index < -0.39 is 6.41 Å². The highest BCUT2D eigenvalue weighted by molar-refractivity contribution is 5.74. The lowest BCUT2D eigenvalue weighted by atomic mass is 10.3. The fourth-order valence-corrected chi connectivity index (χ4v) is 1.20. The summed E-state index contributed by atoms with van der Waals surface area (Å²) < 4.78 is 9.90. The van der Waals surface area contributed by atoms with Crippen LogP contribution in [0.15, 0.2) is 0 Å². The van der Waals surface area contributed by atoms with Crippen LogP contribution in [-0.4, -0.2) is 44.7 Å². The van der Waals surface area contributed by atoms with Crippen LogP contribution >= 0.6 is 0 Å². The van der Waals surface area contributed by atoms with Crippen molar-refractivity contribution in [1.29, 1.82) is 0 Å². The lowest BCUT2D eigenvalue weighted by Crippen LogP contribution is -2.52. The van der Waals surface area contributed by atoms with Crippen LogP contribution in [-0.2, 0) is 9.47 Å². The summed E-state index contributed by atoms with van der Waals surface area (Å²) in [6.07, 6.45) is 0.361. The summed E-state index contributed by atoms with van der Waals surface area (Å²) in [6.45, 7) is 1.41. The maximum atomic E-state index is 11.2. The Bertz CT molecular complexity index is 159. The van der Waals surface area contributed by atoms with Crippen molar-refractivity contribution >= 4 is 6.03 Å². The fourth-order valence-electron chi connectivity index (χ4n) is 1.20. The van der Waals surface area contributed by atoms with Gasteiger partial charge in [0.15, 0.2) is 0 Å². The number of hydrogen-bond donors (Lipinski definition) is 1. The summed E-state index contributed by atoms with van der Waals surface area (Å²) in [5.41, 5.74) is 0. The number of methoxy groups -OCH3 is 2. The van der Waals surface area contributed by atoms with E-state index in [-0.39, 0.29) is 6.03 Å². The molecule has 1 fully saturated rings. The maximum Gasteiger partial charge on any atom is 0.321 e. The Morgan fingerprint density at radius 1 is 1.50 bits per heavy atom. The molecule has 1 aliphatic rings. The average Bonchev–Trinajstić information content (AvgIpc) is 2.10. The third-order valence-electron chi connectivity index (χ3n) is 1.77. The van der Waals surface area contributed by atoms with Crippen molar-refractivity contribution in [1.82, 2.24) is 10.2 Å². The minimum Gasteiger partial charge on any atom is -0.338 e. The number of amides is 2. The zero-order valence-corrected chi connectivity index (χ0v) is 7.37. The fraction of sp³-hybridized carbons (Fsp3) is 0.857. The highest BCUT2D eigenvalue weighted by Gasteiger charge is 2.25. The van der Waals surface area contributed by atoms with Crippen LogP contribution in [0.3, 0.4) is 0 Å². The van der Waals surface area contributed by atoms with Crippen molar-refractivity contribution in [2.24, 2.45) is 0 Å².